The molecule has 3 rings (SSSR count). The molecule has 0 fully saturated rings. The van der Waals surface area contributed by atoms with Crippen LogP contribution in [0.3, 0.4) is 0 Å². The fraction of sp³-hybridized carbons (Fsp3) is 0.250. The summed E-state index contributed by atoms with van der Waals surface area (Å²) in [4.78, 5) is 16.5. The molecule has 1 unspecified atom stereocenters. The number of halogens is 1. The van der Waals surface area contributed by atoms with Gasteiger partial charge in [-0.2, -0.15) is 4.98 Å². The quantitative estimate of drug-likeness (QED) is 0.633. The number of carbonyl (C=O) groups excluding carboxylic acids is 1. The van der Waals surface area contributed by atoms with Crippen LogP contribution in [0.4, 0.5) is 4.39 Å². The molecule has 1 atom stereocenters. The number of hydrogen-bond acceptors (Lipinski definition) is 6. The molecule has 0 spiro atoms. The van der Waals surface area contributed by atoms with E-state index in [4.69, 9.17) is 4.52 Å². The second-order valence-electron chi connectivity index (χ2n) is 6.63. The third kappa shape index (κ3) is 5.26. The lowest BCUT2D eigenvalue weighted by Gasteiger charge is -2.10. The molecule has 0 aliphatic rings. The highest BCUT2D eigenvalue weighted by atomic mass is 32.2. The van der Waals surface area contributed by atoms with Crippen molar-refractivity contribution >= 4 is 15.7 Å². The summed E-state index contributed by atoms with van der Waals surface area (Å²) in [7, 11) is -3.55. The Bertz CT molecular complexity index is 1090. The van der Waals surface area contributed by atoms with E-state index in [0.29, 0.717) is 5.56 Å². The Morgan fingerprint density at radius 1 is 1.14 bits per heavy atom. The van der Waals surface area contributed by atoms with Crippen LogP contribution < -0.4 is 5.32 Å². The molecule has 9 heteroatoms. The number of aromatic nitrogens is 2. The molecule has 3 aromatic rings. The topological polar surface area (TPSA) is 102 Å². The summed E-state index contributed by atoms with van der Waals surface area (Å²) in [5.41, 5.74) is 1.53. The summed E-state index contributed by atoms with van der Waals surface area (Å²) < 4.78 is 42.8. The Hall–Kier alpha value is -3.07. The van der Waals surface area contributed by atoms with Crippen molar-refractivity contribution in [1.29, 1.82) is 0 Å². The van der Waals surface area contributed by atoms with Gasteiger partial charge in [-0.3, -0.25) is 4.79 Å². The first-order chi connectivity index (χ1) is 13.7. The molecule has 0 saturated heterocycles. The Balaban J connectivity index is 1.58. The average molecular weight is 417 g/mol. The lowest BCUT2D eigenvalue weighted by molar-refractivity contribution is -0.121. The van der Waals surface area contributed by atoms with Gasteiger partial charge in [-0.1, -0.05) is 22.9 Å². The molecule has 0 bridgehead atoms. The van der Waals surface area contributed by atoms with Crippen LogP contribution in [-0.2, 0) is 14.6 Å². The normalized spacial score (nSPS) is 12.5. The van der Waals surface area contributed by atoms with E-state index in [1.165, 1.54) is 36.4 Å². The average Bonchev–Trinajstić information content (AvgIpc) is 3.18. The van der Waals surface area contributed by atoms with Crippen molar-refractivity contribution < 1.29 is 22.1 Å². The molecule has 7 nitrogen and oxygen atoms in total. The van der Waals surface area contributed by atoms with Gasteiger partial charge in [0.15, 0.2) is 9.84 Å². The van der Waals surface area contributed by atoms with Gasteiger partial charge in [-0.15, -0.1) is 0 Å². The van der Waals surface area contributed by atoms with Crippen LogP contribution >= 0.6 is 0 Å². The maximum Gasteiger partial charge on any atom is 0.249 e. The largest absolute Gasteiger partial charge is 0.345 e. The van der Waals surface area contributed by atoms with Gasteiger partial charge in [0, 0.05) is 12.0 Å². The van der Waals surface area contributed by atoms with Gasteiger partial charge < -0.3 is 9.84 Å². The smallest absolute Gasteiger partial charge is 0.249 e. The molecule has 1 aromatic heterocycles. The molecular formula is C20H20FN3O4S. The van der Waals surface area contributed by atoms with Gasteiger partial charge in [0.1, 0.15) is 11.9 Å². The lowest BCUT2D eigenvalue weighted by Crippen LogP contribution is -2.28. The number of nitrogens with zero attached hydrogens (tertiary/aromatic N) is 2. The molecule has 29 heavy (non-hydrogen) atoms. The molecular weight excluding hydrogens is 397 g/mol. The second kappa shape index (κ2) is 8.52. The predicted molar refractivity (Wildman–Crippen MR) is 104 cm³/mol. The van der Waals surface area contributed by atoms with Crippen molar-refractivity contribution in [1.82, 2.24) is 15.5 Å². The summed E-state index contributed by atoms with van der Waals surface area (Å²) in [6.45, 7) is 3.51. The van der Waals surface area contributed by atoms with Gasteiger partial charge >= 0.3 is 0 Å². The number of amides is 1. The van der Waals surface area contributed by atoms with Crippen LogP contribution in [0.15, 0.2) is 57.9 Å². The maximum atomic E-state index is 13.0. The molecule has 0 aliphatic carbocycles. The Labute approximate surface area is 167 Å². The minimum atomic E-state index is -3.55. The fourth-order valence-electron chi connectivity index (χ4n) is 2.59. The van der Waals surface area contributed by atoms with Crippen LogP contribution in [0.2, 0.25) is 0 Å². The summed E-state index contributed by atoms with van der Waals surface area (Å²) in [5.74, 6) is -0.699. The maximum absolute atomic E-state index is 13.0. The predicted octanol–water partition coefficient (Wildman–Crippen LogP) is 3.23. The molecule has 1 N–H and O–H groups in total. The van der Waals surface area contributed by atoms with Crippen molar-refractivity contribution in [2.24, 2.45) is 0 Å². The van der Waals surface area contributed by atoms with Crippen molar-refractivity contribution in [3.05, 3.63) is 65.8 Å². The van der Waals surface area contributed by atoms with Gasteiger partial charge in [0.05, 0.1) is 10.6 Å². The standard InChI is InChI=1S/C20H20FN3O4S/c1-13-3-9-17(10-4-13)29(26,27)12-11-18(25)22-14(2)20-23-19(24-28-20)15-5-7-16(21)8-6-15/h3-10,14H,11-12H2,1-2H3,(H,22,25). The van der Waals surface area contributed by atoms with E-state index in [9.17, 15) is 17.6 Å². The third-order valence-electron chi connectivity index (χ3n) is 4.27. The van der Waals surface area contributed by atoms with E-state index in [1.807, 2.05) is 6.92 Å². The summed E-state index contributed by atoms with van der Waals surface area (Å²) in [6, 6.07) is 11.5. The molecule has 1 amide bonds. The van der Waals surface area contributed by atoms with E-state index in [1.54, 1.807) is 19.1 Å². The number of nitrogens with one attached hydrogen (secondary N) is 1. The number of sulfone groups is 1. The van der Waals surface area contributed by atoms with Crippen molar-refractivity contribution in [2.75, 3.05) is 5.75 Å². The van der Waals surface area contributed by atoms with Crippen molar-refractivity contribution in [3.63, 3.8) is 0 Å². The second-order valence-corrected chi connectivity index (χ2v) is 8.74. The lowest BCUT2D eigenvalue weighted by atomic mass is 10.2. The molecule has 2 aromatic carbocycles. The number of rotatable bonds is 7. The SMILES string of the molecule is Cc1ccc(S(=O)(=O)CCC(=O)NC(C)c2nc(-c3ccc(F)cc3)no2)cc1. The molecule has 1 heterocycles. The van der Waals surface area contributed by atoms with E-state index < -0.39 is 21.8 Å². The fourth-order valence-corrected chi connectivity index (χ4v) is 3.83. The number of carbonyl (C=O) groups is 1. The van der Waals surface area contributed by atoms with Gasteiger partial charge in [0.25, 0.3) is 0 Å². The van der Waals surface area contributed by atoms with Gasteiger partial charge in [-0.25, -0.2) is 12.8 Å². The van der Waals surface area contributed by atoms with E-state index >= 15 is 0 Å². The third-order valence-corrected chi connectivity index (χ3v) is 6.00. The highest BCUT2D eigenvalue weighted by Crippen LogP contribution is 2.19. The van der Waals surface area contributed by atoms with Crippen LogP contribution in [0, 0.1) is 12.7 Å². The first-order valence-electron chi connectivity index (χ1n) is 8.93. The van der Waals surface area contributed by atoms with Crippen LogP contribution in [0.5, 0.6) is 0 Å². The Morgan fingerprint density at radius 2 is 1.79 bits per heavy atom. The summed E-state index contributed by atoms with van der Waals surface area (Å²) in [5, 5.41) is 6.46. The zero-order valence-electron chi connectivity index (χ0n) is 15.9. The van der Waals surface area contributed by atoms with E-state index in [2.05, 4.69) is 15.5 Å². The monoisotopic (exact) mass is 417 g/mol. The van der Waals surface area contributed by atoms with E-state index in [-0.39, 0.29) is 34.6 Å². The Kier molecular flexibility index (Phi) is 6.07. The zero-order valence-corrected chi connectivity index (χ0v) is 16.7. The first kappa shape index (κ1) is 20.7. The summed E-state index contributed by atoms with van der Waals surface area (Å²) >= 11 is 0. The molecule has 152 valence electrons. The van der Waals surface area contributed by atoms with Gasteiger partial charge in [0.2, 0.25) is 17.6 Å². The Morgan fingerprint density at radius 3 is 2.45 bits per heavy atom. The highest BCUT2D eigenvalue weighted by Gasteiger charge is 2.20. The van der Waals surface area contributed by atoms with E-state index in [0.717, 1.165) is 5.56 Å². The first-order valence-corrected chi connectivity index (χ1v) is 10.6. The molecule has 0 aliphatic heterocycles. The zero-order chi connectivity index (χ0) is 21.0. The molecule has 0 radical (unpaired) electrons. The summed E-state index contributed by atoms with van der Waals surface area (Å²) in [6.07, 6.45) is -0.195. The number of aryl methyl sites for hydroxylation is 1. The van der Waals surface area contributed by atoms with Crippen LogP contribution in [0.25, 0.3) is 11.4 Å². The van der Waals surface area contributed by atoms with Crippen LogP contribution in [0.1, 0.15) is 30.8 Å². The number of hydrogen-bond donors (Lipinski definition) is 1. The van der Waals surface area contributed by atoms with Gasteiger partial charge in [-0.05, 0) is 50.2 Å². The van der Waals surface area contributed by atoms with Crippen molar-refractivity contribution in [3.8, 4) is 11.4 Å². The highest BCUT2D eigenvalue weighted by molar-refractivity contribution is 7.91. The minimum absolute atomic E-state index is 0.166. The number of benzene rings is 2. The van der Waals surface area contributed by atoms with Crippen molar-refractivity contribution in [2.45, 2.75) is 31.2 Å². The van der Waals surface area contributed by atoms with Crippen LogP contribution in [-0.4, -0.2) is 30.2 Å². The molecule has 0 saturated carbocycles. The minimum Gasteiger partial charge on any atom is -0.345 e.